The van der Waals surface area contributed by atoms with Gasteiger partial charge >= 0.3 is 0 Å². The van der Waals surface area contributed by atoms with Crippen molar-refractivity contribution < 1.29 is 10.0 Å². The van der Waals surface area contributed by atoms with Gasteiger partial charge in [-0.25, -0.2) is 10.5 Å². The number of anilines is 1. The molecule has 0 aliphatic carbocycles. The normalized spacial score (nSPS) is 17.5. The first kappa shape index (κ1) is 18.0. The number of nitrogens with zero attached hydrogens (tertiary/aromatic N) is 3. The average molecular weight is 353 g/mol. The summed E-state index contributed by atoms with van der Waals surface area (Å²) in [6.07, 6.45) is 6.98. The standard InChI is InChI=1S/C19H23N5O2/c1-14-4-2-3-5-15(14)12-24-9-8-17(13-24)22-18-11-20-16(10-21-18)6-7-19(25)23-26/h2-7,10-11,17,26H,8-9,12-13H2,1H3,(H,21,22)(H,23,25)/b7-6+/t17-/m1/s1. The molecule has 7 heteroatoms. The number of amides is 1. The van der Waals surface area contributed by atoms with Crippen LogP contribution in [0.4, 0.5) is 5.82 Å². The van der Waals surface area contributed by atoms with Crippen LogP contribution in [-0.4, -0.2) is 45.1 Å². The van der Waals surface area contributed by atoms with Gasteiger partial charge in [-0.15, -0.1) is 0 Å². The summed E-state index contributed by atoms with van der Waals surface area (Å²) < 4.78 is 0. The summed E-state index contributed by atoms with van der Waals surface area (Å²) >= 11 is 0. The molecule has 2 aromatic rings. The minimum atomic E-state index is -0.603. The third-order valence-corrected chi connectivity index (χ3v) is 4.47. The molecule has 0 saturated carbocycles. The van der Waals surface area contributed by atoms with Gasteiger partial charge in [-0.2, -0.15) is 0 Å². The highest BCUT2D eigenvalue weighted by Gasteiger charge is 2.22. The summed E-state index contributed by atoms with van der Waals surface area (Å²) in [5.74, 6) is 0.116. The van der Waals surface area contributed by atoms with Crippen LogP contribution in [0.15, 0.2) is 42.7 Å². The van der Waals surface area contributed by atoms with Gasteiger partial charge < -0.3 is 5.32 Å². The smallest absolute Gasteiger partial charge is 0.267 e. The zero-order chi connectivity index (χ0) is 18.4. The quantitative estimate of drug-likeness (QED) is 0.418. The van der Waals surface area contributed by atoms with E-state index in [-0.39, 0.29) is 0 Å². The molecule has 1 saturated heterocycles. The van der Waals surface area contributed by atoms with Crippen molar-refractivity contribution in [2.75, 3.05) is 18.4 Å². The Hall–Kier alpha value is -2.77. The third-order valence-electron chi connectivity index (χ3n) is 4.47. The maximum absolute atomic E-state index is 11.0. The largest absolute Gasteiger partial charge is 0.365 e. The van der Waals surface area contributed by atoms with E-state index in [9.17, 15) is 4.79 Å². The van der Waals surface area contributed by atoms with E-state index < -0.39 is 5.91 Å². The molecule has 0 spiro atoms. The fraction of sp³-hybridized carbons (Fsp3) is 0.316. The molecule has 0 bridgehead atoms. The molecule has 1 aliphatic heterocycles. The lowest BCUT2D eigenvalue weighted by atomic mass is 10.1. The van der Waals surface area contributed by atoms with Crippen LogP contribution >= 0.6 is 0 Å². The van der Waals surface area contributed by atoms with Gasteiger partial charge in [0.05, 0.1) is 18.1 Å². The van der Waals surface area contributed by atoms with E-state index in [0.29, 0.717) is 11.7 Å². The molecule has 1 fully saturated rings. The number of likely N-dealkylation sites (tertiary alicyclic amines) is 1. The van der Waals surface area contributed by atoms with Crippen molar-refractivity contribution in [1.29, 1.82) is 0 Å². The second-order valence-electron chi connectivity index (χ2n) is 6.43. The lowest BCUT2D eigenvalue weighted by molar-refractivity contribution is -0.124. The molecule has 26 heavy (non-hydrogen) atoms. The second kappa shape index (κ2) is 8.55. The summed E-state index contributed by atoms with van der Waals surface area (Å²) in [6.45, 7) is 5.13. The van der Waals surface area contributed by atoms with Crippen LogP contribution in [0.1, 0.15) is 23.2 Å². The highest BCUT2D eigenvalue weighted by atomic mass is 16.5. The first-order valence-electron chi connectivity index (χ1n) is 8.61. The molecule has 1 aliphatic rings. The fourth-order valence-corrected chi connectivity index (χ4v) is 3.03. The number of nitrogens with one attached hydrogen (secondary N) is 2. The minimum Gasteiger partial charge on any atom is -0.365 e. The lowest BCUT2D eigenvalue weighted by Crippen LogP contribution is -2.26. The first-order chi connectivity index (χ1) is 12.6. The number of aryl methyl sites for hydroxylation is 1. The van der Waals surface area contributed by atoms with Crippen LogP contribution in [0.3, 0.4) is 0 Å². The van der Waals surface area contributed by atoms with Crippen molar-refractivity contribution in [3.63, 3.8) is 0 Å². The molecular weight excluding hydrogens is 330 g/mol. The molecular formula is C19H23N5O2. The Morgan fingerprint density at radius 2 is 2.19 bits per heavy atom. The molecule has 1 aromatic carbocycles. The van der Waals surface area contributed by atoms with E-state index in [1.807, 2.05) is 0 Å². The van der Waals surface area contributed by atoms with E-state index >= 15 is 0 Å². The summed E-state index contributed by atoms with van der Waals surface area (Å²) in [4.78, 5) is 22.0. The molecule has 0 unspecified atom stereocenters. The van der Waals surface area contributed by atoms with Gasteiger partial charge in [0.15, 0.2) is 0 Å². The number of hydroxylamine groups is 1. The molecule has 1 amide bonds. The highest BCUT2D eigenvalue weighted by Crippen LogP contribution is 2.18. The Bertz CT molecular complexity index is 776. The summed E-state index contributed by atoms with van der Waals surface area (Å²) in [5.41, 5.74) is 4.78. The van der Waals surface area contributed by atoms with Crippen molar-refractivity contribution in [1.82, 2.24) is 20.3 Å². The summed E-state index contributed by atoms with van der Waals surface area (Å²) in [5, 5.41) is 11.9. The molecule has 3 rings (SSSR count). The van der Waals surface area contributed by atoms with Crippen LogP contribution < -0.4 is 10.8 Å². The fourth-order valence-electron chi connectivity index (χ4n) is 3.03. The average Bonchev–Trinajstić information content (AvgIpc) is 3.09. The molecule has 136 valence electrons. The van der Waals surface area contributed by atoms with E-state index in [0.717, 1.165) is 31.9 Å². The van der Waals surface area contributed by atoms with E-state index in [1.165, 1.54) is 28.8 Å². The topological polar surface area (TPSA) is 90.4 Å². The van der Waals surface area contributed by atoms with Crippen LogP contribution in [0, 0.1) is 6.92 Å². The maximum Gasteiger partial charge on any atom is 0.267 e. The summed E-state index contributed by atoms with van der Waals surface area (Å²) in [7, 11) is 0. The van der Waals surface area contributed by atoms with Gasteiger partial charge in [-0.1, -0.05) is 24.3 Å². The second-order valence-corrected chi connectivity index (χ2v) is 6.43. The number of rotatable bonds is 6. The molecule has 3 N–H and O–H groups in total. The number of benzene rings is 1. The Balaban J connectivity index is 1.51. The van der Waals surface area contributed by atoms with Gasteiger partial charge in [-0.3, -0.25) is 19.9 Å². The Morgan fingerprint density at radius 3 is 2.92 bits per heavy atom. The van der Waals surface area contributed by atoms with Gasteiger partial charge in [0.1, 0.15) is 5.82 Å². The van der Waals surface area contributed by atoms with Crippen molar-refractivity contribution in [2.24, 2.45) is 0 Å². The first-order valence-corrected chi connectivity index (χ1v) is 8.61. The third kappa shape index (κ3) is 4.87. The van der Waals surface area contributed by atoms with E-state index in [4.69, 9.17) is 5.21 Å². The van der Waals surface area contributed by atoms with Crippen LogP contribution in [-0.2, 0) is 11.3 Å². The highest BCUT2D eigenvalue weighted by molar-refractivity contribution is 5.90. The predicted molar refractivity (Wildman–Crippen MR) is 99.5 cm³/mol. The number of aromatic nitrogens is 2. The molecule has 1 atom stereocenters. The molecule has 7 nitrogen and oxygen atoms in total. The predicted octanol–water partition coefficient (Wildman–Crippen LogP) is 1.99. The van der Waals surface area contributed by atoms with Crippen molar-refractivity contribution in [2.45, 2.75) is 25.9 Å². The Morgan fingerprint density at radius 1 is 1.35 bits per heavy atom. The van der Waals surface area contributed by atoms with Crippen LogP contribution in [0.25, 0.3) is 6.08 Å². The van der Waals surface area contributed by atoms with Crippen molar-refractivity contribution >= 4 is 17.8 Å². The SMILES string of the molecule is Cc1ccccc1CN1CC[C@@H](Nc2cnc(/C=C/C(=O)NO)cn2)C1. The van der Waals surface area contributed by atoms with Crippen molar-refractivity contribution in [3.8, 4) is 0 Å². The van der Waals surface area contributed by atoms with Gasteiger partial charge in [0, 0.05) is 31.8 Å². The Labute approximate surface area is 152 Å². The lowest BCUT2D eigenvalue weighted by Gasteiger charge is -2.18. The molecule has 0 radical (unpaired) electrons. The zero-order valence-corrected chi connectivity index (χ0v) is 14.7. The van der Waals surface area contributed by atoms with E-state index in [1.54, 1.807) is 12.4 Å². The monoisotopic (exact) mass is 353 g/mol. The van der Waals surface area contributed by atoms with Crippen LogP contribution in [0.2, 0.25) is 0 Å². The number of hydrogen-bond donors (Lipinski definition) is 3. The number of carbonyl (C=O) groups is 1. The molecule has 1 aromatic heterocycles. The Kier molecular flexibility index (Phi) is 5.93. The number of carbonyl (C=O) groups excluding carboxylic acids is 1. The summed E-state index contributed by atoms with van der Waals surface area (Å²) in [6, 6.07) is 8.84. The van der Waals surface area contributed by atoms with E-state index in [2.05, 4.69) is 51.4 Å². The van der Waals surface area contributed by atoms with Crippen LogP contribution in [0.5, 0.6) is 0 Å². The van der Waals surface area contributed by atoms with Crippen molar-refractivity contribution in [3.05, 3.63) is 59.6 Å². The van der Waals surface area contributed by atoms with Gasteiger partial charge in [0.25, 0.3) is 5.91 Å². The molecule has 2 heterocycles. The minimum absolute atomic E-state index is 0.342. The number of hydrogen-bond acceptors (Lipinski definition) is 6. The maximum atomic E-state index is 11.0. The van der Waals surface area contributed by atoms with Gasteiger partial charge in [0.2, 0.25) is 0 Å². The van der Waals surface area contributed by atoms with Gasteiger partial charge in [-0.05, 0) is 30.5 Å². The zero-order valence-electron chi connectivity index (χ0n) is 14.7.